The third-order valence-electron chi connectivity index (χ3n) is 4.64. The summed E-state index contributed by atoms with van der Waals surface area (Å²) < 4.78 is 0. The minimum atomic E-state index is 0.109. The highest BCUT2D eigenvalue weighted by molar-refractivity contribution is 5.74. The van der Waals surface area contributed by atoms with Crippen molar-refractivity contribution < 1.29 is 0 Å². The Bertz CT molecular complexity index is 929. The molecule has 26 heavy (non-hydrogen) atoms. The lowest BCUT2D eigenvalue weighted by Gasteiger charge is -2.22. The molecule has 0 saturated carbocycles. The maximum Gasteiger partial charge on any atom is 0.0991 e. The monoisotopic (exact) mass is 335 g/mol. The van der Waals surface area contributed by atoms with E-state index >= 15 is 0 Å². The largest absolute Gasteiger partial charge is 0.192 e. The van der Waals surface area contributed by atoms with Crippen LogP contribution in [0.25, 0.3) is 11.1 Å². The first-order chi connectivity index (χ1) is 12.7. The molecule has 0 aliphatic carbocycles. The SMILES string of the molecule is C=C(CC(C(=C)c1ccccc1)c1ccc(C#N)cc1)c1ccccc1. The van der Waals surface area contributed by atoms with Crippen LogP contribution >= 0.6 is 0 Å². The Morgan fingerprint density at radius 1 is 0.769 bits per heavy atom. The van der Waals surface area contributed by atoms with Crippen LogP contribution in [0.2, 0.25) is 0 Å². The van der Waals surface area contributed by atoms with E-state index in [1.807, 2.05) is 60.7 Å². The second-order valence-corrected chi connectivity index (χ2v) is 6.35. The standard InChI is InChI=1S/C25H21N/c1-19(22-9-5-3-6-10-22)17-25(20(2)23-11-7-4-8-12-23)24-15-13-21(18-26)14-16-24/h3-16,25H,1-2,17H2. The van der Waals surface area contributed by atoms with Gasteiger partial charge in [-0.25, -0.2) is 0 Å². The van der Waals surface area contributed by atoms with E-state index in [1.54, 1.807) is 0 Å². The molecule has 1 unspecified atom stereocenters. The molecule has 126 valence electrons. The summed E-state index contributed by atoms with van der Waals surface area (Å²) in [7, 11) is 0. The molecule has 1 nitrogen and oxygen atoms in total. The zero-order chi connectivity index (χ0) is 18.4. The first-order valence-electron chi connectivity index (χ1n) is 8.66. The summed E-state index contributed by atoms with van der Waals surface area (Å²) in [6, 6.07) is 30.5. The van der Waals surface area contributed by atoms with Gasteiger partial charge >= 0.3 is 0 Å². The van der Waals surface area contributed by atoms with Gasteiger partial charge in [0.25, 0.3) is 0 Å². The Hall–Kier alpha value is -3.37. The molecule has 3 rings (SSSR count). The smallest absolute Gasteiger partial charge is 0.0991 e. The van der Waals surface area contributed by atoms with Gasteiger partial charge in [-0.3, -0.25) is 0 Å². The number of allylic oxidation sites excluding steroid dienone is 2. The fourth-order valence-corrected chi connectivity index (χ4v) is 3.12. The summed E-state index contributed by atoms with van der Waals surface area (Å²) in [6.07, 6.45) is 0.781. The van der Waals surface area contributed by atoms with E-state index in [0.29, 0.717) is 5.56 Å². The van der Waals surface area contributed by atoms with Gasteiger partial charge in [0.2, 0.25) is 0 Å². The van der Waals surface area contributed by atoms with Crippen molar-refractivity contribution in [3.05, 3.63) is 120 Å². The lowest BCUT2D eigenvalue weighted by molar-refractivity contribution is 0.899. The van der Waals surface area contributed by atoms with Gasteiger partial charge in [-0.2, -0.15) is 5.26 Å². The van der Waals surface area contributed by atoms with Gasteiger partial charge in [0, 0.05) is 5.92 Å². The van der Waals surface area contributed by atoms with Crippen LogP contribution in [-0.2, 0) is 0 Å². The van der Waals surface area contributed by atoms with E-state index in [1.165, 1.54) is 0 Å². The van der Waals surface area contributed by atoms with E-state index in [2.05, 4.69) is 43.5 Å². The maximum absolute atomic E-state index is 9.07. The Kier molecular flexibility index (Phi) is 5.46. The van der Waals surface area contributed by atoms with Crippen LogP contribution in [0.1, 0.15) is 34.6 Å². The van der Waals surface area contributed by atoms with Crippen molar-refractivity contribution >= 4 is 11.1 Å². The molecule has 0 heterocycles. The molecule has 0 N–H and O–H groups in total. The molecule has 0 aromatic heterocycles. The molecule has 1 heteroatoms. The Labute approximate surface area is 155 Å². The average molecular weight is 335 g/mol. The molecular formula is C25H21N. The van der Waals surface area contributed by atoms with Crippen LogP contribution in [-0.4, -0.2) is 0 Å². The molecule has 3 aromatic rings. The number of benzene rings is 3. The van der Waals surface area contributed by atoms with Crippen LogP contribution in [0.4, 0.5) is 0 Å². The van der Waals surface area contributed by atoms with Crippen molar-refractivity contribution in [3.63, 3.8) is 0 Å². The summed E-state index contributed by atoms with van der Waals surface area (Å²) in [5.41, 5.74) is 6.23. The highest BCUT2D eigenvalue weighted by atomic mass is 14.2. The predicted octanol–water partition coefficient (Wildman–Crippen LogP) is 6.46. The first kappa shape index (κ1) is 17.5. The zero-order valence-corrected chi connectivity index (χ0v) is 14.7. The zero-order valence-electron chi connectivity index (χ0n) is 14.7. The quantitative estimate of drug-likeness (QED) is 0.507. The summed E-state index contributed by atoms with van der Waals surface area (Å²) >= 11 is 0. The van der Waals surface area contributed by atoms with Crippen molar-refractivity contribution in [2.24, 2.45) is 0 Å². The Morgan fingerprint density at radius 3 is 1.85 bits per heavy atom. The third kappa shape index (κ3) is 3.99. The molecule has 3 aromatic carbocycles. The lowest BCUT2D eigenvalue weighted by atomic mass is 9.82. The summed E-state index contributed by atoms with van der Waals surface area (Å²) in [6.45, 7) is 8.69. The molecule has 0 radical (unpaired) electrons. The van der Waals surface area contributed by atoms with Crippen molar-refractivity contribution in [2.75, 3.05) is 0 Å². The van der Waals surface area contributed by atoms with Gasteiger partial charge in [0.15, 0.2) is 0 Å². The van der Waals surface area contributed by atoms with Gasteiger partial charge < -0.3 is 0 Å². The van der Waals surface area contributed by atoms with E-state index < -0.39 is 0 Å². The first-order valence-corrected chi connectivity index (χ1v) is 8.66. The highest BCUT2D eigenvalue weighted by Gasteiger charge is 2.18. The van der Waals surface area contributed by atoms with Gasteiger partial charge in [-0.05, 0) is 46.4 Å². The summed E-state index contributed by atoms with van der Waals surface area (Å²) in [5.74, 6) is 0.109. The lowest BCUT2D eigenvalue weighted by Crippen LogP contribution is -2.03. The number of rotatable bonds is 6. The summed E-state index contributed by atoms with van der Waals surface area (Å²) in [4.78, 5) is 0. The minimum Gasteiger partial charge on any atom is -0.192 e. The van der Waals surface area contributed by atoms with E-state index in [0.717, 1.165) is 34.3 Å². The molecule has 0 aliphatic heterocycles. The van der Waals surface area contributed by atoms with Gasteiger partial charge in [0.1, 0.15) is 0 Å². The molecule has 0 aliphatic rings. The van der Waals surface area contributed by atoms with E-state index in [-0.39, 0.29) is 5.92 Å². The second-order valence-electron chi connectivity index (χ2n) is 6.35. The maximum atomic E-state index is 9.07. The van der Waals surface area contributed by atoms with Crippen molar-refractivity contribution in [2.45, 2.75) is 12.3 Å². The fourth-order valence-electron chi connectivity index (χ4n) is 3.12. The molecule has 0 spiro atoms. The molecule has 1 atom stereocenters. The molecule has 0 fully saturated rings. The molecule has 0 bridgehead atoms. The average Bonchev–Trinajstić information content (AvgIpc) is 2.73. The van der Waals surface area contributed by atoms with Gasteiger partial charge in [-0.15, -0.1) is 0 Å². The number of nitrogens with zero attached hydrogens (tertiary/aromatic N) is 1. The van der Waals surface area contributed by atoms with Crippen molar-refractivity contribution in [3.8, 4) is 6.07 Å². The molecule has 0 amide bonds. The third-order valence-corrected chi connectivity index (χ3v) is 4.64. The minimum absolute atomic E-state index is 0.109. The van der Waals surface area contributed by atoms with Gasteiger partial charge in [-0.1, -0.05) is 86.0 Å². The van der Waals surface area contributed by atoms with Crippen LogP contribution in [0.5, 0.6) is 0 Å². The number of nitriles is 1. The van der Waals surface area contributed by atoms with Crippen LogP contribution in [0.15, 0.2) is 98.1 Å². The van der Waals surface area contributed by atoms with Crippen molar-refractivity contribution in [1.29, 1.82) is 5.26 Å². The van der Waals surface area contributed by atoms with Crippen LogP contribution in [0.3, 0.4) is 0 Å². The highest BCUT2D eigenvalue weighted by Crippen LogP contribution is 2.37. The van der Waals surface area contributed by atoms with Crippen LogP contribution < -0.4 is 0 Å². The summed E-state index contributed by atoms with van der Waals surface area (Å²) in [5, 5.41) is 9.07. The van der Waals surface area contributed by atoms with Crippen molar-refractivity contribution in [1.82, 2.24) is 0 Å². The molecular weight excluding hydrogens is 314 g/mol. The van der Waals surface area contributed by atoms with E-state index in [4.69, 9.17) is 5.26 Å². The fraction of sp³-hybridized carbons (Fsp3) is 0.0800. The molecule has 0 saturated heterocycles. The Balaban J connectivity index is 1.94. The second kappa shape index (κ2) is 8.14. The topological polar surface area (TPSA) is 23.8 Å². The van der Waals surface area contributed by atoms with E-state index in [9.17, 15) is 0 Å². The van der Waals surface area contributed by atoms with Gasteiger partial charge in [0.05, 0.1) is 11.6 Å². The number of hydrogen-bond acceptors (Lipinski definition) is 1. The number of hydrogen-bond donors (Lipinski definition) is 0. The Morgan fingerprint density at radius 2 is 1.31 bits per heavy atom. The predicted molar refractivity (Wildman–Crippen MR) is 109 cm³/mol. The van der Waals surface area contributed by atoms with Crippen LogP contribution in [0, 0.1) is 11.3 Å². The normalized spacial score (nSPS) is 11.3.